The molecular formula is C34H45F2NO7. The van der Waals surface area contributed by atoms with Crippen molar-refractivity contribution >= 4 is 23.6 Å². The lowest BCUT2D eigenvalue weighted by molar-refractivity contribution is -0.166. The number of halogens is 2. The van der Waals surface area contributed by atoms with Crippen LogP contribution in [0.25, 0.3) is 0 Å². The number of benzene rings is 2. The highest BCUT2D eigenvalue weighted by atomic mass is 19.3. The summed E-state index contributed by atoms with van der Waals surface area (Å²) in [5.41, 5.74) is 0.940. The second kappa shape index (κ2) is 18.2. The minimum atomic E-state index is -3.14. The van der Waals surface area contributed by atoms with Crippen LogP contribution in [0.15, 0.2) is 60.7 Å². The molecule has 2 aromatic rings. The number of Topliss-reactive ketones (excluding diaryl/α,β-unsaturated/α-hetero) is 1. The molecule has 0 aliphatic rings. The van der Waals surface area contributed by atoms with Gasteiger partial charge < -0.3 is 19.5 Å². The summed E-state index contributed by atoms with van der Waals surface area (Å²) in [6, 6.07) is 17.3. The Bertz CT molecular complexity index is 1180. The molecule has 0 fully saturated rings. The van der Waals surface area contributed by atoms with Crippen molar-refractivity contribution in [1.29, 1.82) is 0 Å². The van der Waals surface area contributed by atoms with Crippen molar-refractivity contribution in [2.24, 2.45) is 17.8 Å². The van der Waals surface area contributed by atoms with Gasteiger partial charge in [-0.05, 0) is 57.1 Å². The molecule has 0 aliphatic heterocycles. The molecular weight excluding hydrogens is 572 g/mol. The lowest BCUT2D eigenvalue weighted by atomic mass is 9.91. The maximum atomic E-state index is 13.6. The predicted octanol–water partition coefficient (Wildman–Crippen LogP) is 6.06. The summed E-state index contributed by atoms with van der Waals surface area (Å²) in [4.78, 5) is 52.6. The Morgan fingerprint density at radius 3 is 1.98 bits per heavy atom. The van der Waals surface area contributed by atoms with Crippen LogP contribution >= 0.6 is 0 Å². The molecule has 1 amide bonds. The van der Waals surface area contributed by atoms with Crippen molar-refractivity contribution < 1.29 is 42.2 Å². The van der Waals surface area contributed by atoms with Crippen LogP contribution in [-0.4, -0.2) is 48.5 Å². The van der Waals surface area contributed by atoms with Gasteiger partial charge in [-0.25, -0.2) is 0 Å². The van der Waals surface area contributed by atoms with Crippen LogP contribution < -0.4 is 5.32 Å². The number of carbonyl (C=O) groups excluding carboxylic acids is 4. The van der Waals surface area contributed by atoms with Crippen LogP contribution in [0.5, 0.6) is 0 Å². The van der Waals surface area contributed by atoms with Gasteiger partial charge in [0.05, 0.1) is 25.0 Å². The van der Waals surface area contributed by atoms with Gasteiger partial charge in [-0.2, -0.15) is 8.78 Å². The van der Waals surface area contributed by atoms with Gasteiger partial charge >= 0.3 is 18.6 Å². The third kappa shape index (κ3) is 14.7. The SMILES string of the molecule is CC(C)C[C@H](NC(=O)[C@H](CCc1ccccc1)CC(=O)OC(C)(C)C)C(=O)C[C@@H](COC(F)F)C(=O)OCc1ccccc1. The van der Waals surface area contributed by atoms with E-state index in [1.807, 2.05) is 44.2 Å². The Labute approximate surface area is 258 Å². The number of alkyl halides is 2. The maximum absolute atomic E-state index is 13.6. The van der Waals surface area contributed by atoms with Crippen molar-refractivity contribution in [3.8, 4) is 0 Å². The van der Waals surface area contributed by atoms with E-state index in [0.717, 1.165) is 5.56 Å². The summed E-state index contributed by atoms with van der Waals surface area (Å²) in [7, 11) is 0. The number of ketones is 1. The van der Waals surface area contributed by atoms with E-state index < -0.39 is 66.7 Å². The first-order valence-corrected chi connectivity index (χ1v) is 14.9. The number of amides is 1. The molecule has 10 heteroatoms. The molecule has 8 nitrogen and oxygen atoms in total. The van der Waals surface area contributed by atoms with E-state index in [2.05, 4.69) is 10.1 Å². The summed E-state index contributed by atoms with van der Waals surface area (Å²) in [5.74, 6) is -4.54. The van der Waals surface area contributed by atoms with Crippen LogP contribution in [0.4, 0.5) is 8.78 Å². The third-order valence-corrected chi connectivity index (χ3v) is 6.67. The summed E-state index contributed by atoms with van der Waals surface area (Å²) < 4.78 is 40.9. The van der Waals surface area contributed by atoms with Crippen molar-refractivity contribution in [2.45, 2.75) is 91.6 Å². The largest absolute Gasteiger partial charge is 0.461 e. The topological polar surface area (TPSA) is 108 Å². The molecule has 2 rings (SSSR count). The quantitative estimate of drug-likeness (QED) is 0.203. The number of rotatable bonds is 18. The highest BCUT2D eigenvalue weighted by Gasteiger charge is 2.32. The van der Waals surface area contributed by atoms with Gasteiger partial charge in [0.1, 0.15) is 12.2 Å². The Kier molecular flexibility index (Phi) is 15.1. The van der Waals surface area contributed by atoms with Gasteiger partial charge in [0.15, 0.2) is 5.78 Å². The van der Waals surface area contributed by atoms with Crippen molar-refractivity contribution in [3.05, 3.63) is 71.8 Å². The molecule has 0 unspecified atom stereocenters. The van der Waals surface area contributed by atoms with E-state index in [4.69, 9.17) is 9.47 Å². The Morgan fingerprint density at radius 2 is 1.43 bits per heavy atom. The standard InChI is InChI=1S/C34H45F2NO7/c1-23(2)18-28(29(38)19-27(22-43-33(35)36)32(41)42-21-25-14-10-7-11-15-25)37-31(40)26(20-30(39)44-34(3,4)5)17-16-24-12-8-6-9-13-24/h6-15,23,26-28,33H,16-22H2,1-5H3,(H,37,40)/t26-,27+,28+/m1/s1. The fourth-order valence-electron chi connectivity index (χ4n) is 4.56. The molecule has 0 heterocycles. The number of hydrogen-bond acceptors (Lipinski definition) is 7. The fourth-order valence-corrected chi connectivity index (χ4v) is 4.56. The monoisotopic (exact) mass is 617 g/mol. The molecule has 2 aromatic carbocycles. The molecule has 0 radical (unpaired) electrons. The van der Waals surface area contributed by atoms with Crippen LogP contribution in [0.3, 0.4) is 0 Å². The zero-order chi connectivity index (χ0) is 32.7. The second-order valence-electron chi connectivity index (χ2n) is 12.3. The number of esters is 2. The minimum Gasteiger partial charge on any atom is -0.461 e. The molecule has 242 valence electrons. The molecule has 0 spiro atoms. The van der Waals surface area contributed by atoms with Crippen LogP contribution in [0.2, 0.25) is 0 Å². The third-order valence-electron chi connectivity index (χ3n) is 6.67. The first-order chi connectivity index (χ1) is 20.7. The van der Waals surface area contributed by atoms with Gasteiger partial charge in [-0.15, -0.1) is 0 Å². The summed E-state index contributed by atoms with van der Waals surface area (Å²) in [6.45, 7) is 4.98. The highest BCUT2D eigenvalue weighted by Crippen LogP contribution is 2.20. The van der Waals surface area contributed by atoms with Crippen molar-refractivity contribution in [3.63, 3.8) is 0 Å². The van der Waals surface area contributed by atoms with Crippen molar-refractivity contribution in [2.75, 3.05) is 6.61 Å². The van der Waals surface area contributed by atoms with E-state index >= 15 is 0 Å². The number of carbonyl (C=O) groups is 4. The Hall–Kier alpha value is -3.66. The number of nitrogens with one attached hydrogen (secondary N) is 1. The highest BCUT2D eigenvalue weighted by molar-refractivity contribution is 5.93. The Morgan fingerprint density at radius 1 is 0.841 bits per heavy atom. The minimum absolute atomic E-state index is 0.0290. The van der Waals surface area contributed by atoms with E-state index in [1.54, 1.807) is 51.1 Å². The molecule has 0 aliphatic carbocycles. The first kappa shape index (κ1) is 36.5. The molecule has 3 atom stereocenters. The van der Waals surface area contributed by atoms with Crippen LogP contribution in [-0.2, 0) is 46.4 Å². The number of hydrogen-bond donors (Lipinski definition) is 1. The van der Waals surface area contributed by atoms with Gasteiger partial charge in [-0.1, -0.05) is 74.5 Å². The summed E-state index contributed by atoms with van der Waals surface area (Å²) in [6.07, 6.45) is 0.428. The van der Waals surface area contributed by atoms with Gasteiger partial charge in [0.25, 0.3) is 0 Å². The number of aryl methyl sites for hydroxylation is 1. The van der Waals surface area contributed by atoms with E-state index in [9.17, 15) is 28.0 Å². The second-order valence-corrected chi connectivity index (χ2v) is 12.3. The molecule has 0 aromatic heterocycles. The average molecular weight is 618 g/mol. The molecule has 0 saturated carbocycles. The molecule has 0 bridgehead atoms. The van der Waals surface area contributed by atoms with Gasteiger partial charge in [0.2, 0.25) is 5.91 Å². The normalized spacial score (nSPS) is 13.7. The van der Waals surface area contributed by atoms with E-state index in [-0.39, 0.29) is 25.4 Å². The van der Waals surface area contributed by atoms with Crippen molar-refractivity contribution in [1.82, 2.24) is 5.32 Å². The zero-order valence-electron chi connectivity index (χ0n) is 26.2. The Balaban J connectivity index is 2.19. The maximum Gasteiger partial charge on any atom is 0.345 e. The van der Waals surface area contributed by atoms with Gasteiger partial charge in [0, 0.05) is 12.3 Å². The van der Waals surface area contributed by atoms with Crippen LogP contribution in [0.1, 0.15) is 71.4 Å². The summed E-state index contributed by atoms with van der Waals surface area (Å²) in [5, 5.41) is 2.78. The predicted molar refractivity (Wildman–Crippen MR) is 161 cm³/mol. The lowest BCUT2D eigenvalue weighted by Gasteiger charge is -2.26. The smallest absolute Gasteiger partial charge is 0.345 e. The summed E-state index contributed by atoms with van der Waals surface area (Å²) >= 11 is 0. The van der Waals surface area contributed by atoms with Gasteiger partial charge in [-0.3, -0.25) is 19.2 Å². The van der Waals surface area contributed by atoms with E-state index in [0.29, 0.717) is 18.4 Å². The zero-order valence-corrected chi connectivity index (χ0v) is 26.2. The molecule has 1 N–H and O–H groups in total. The average Bonchev–Trinajstić information content (AvgIpc) is 2.95. The van der Waals surface area contributed by atoms with Crippen LogP contribution in [0, 0.1) is 17.8 Å². The molecule has 0 saturated heterocycles. The van der Waals surface area contributed by atoms with E-state index in [1.165, 1.54) is 0 Å². The lowest BCUT2D eigenvalue weighted by Crippen LogP contribution is -2.46. The number of ether oxygens (including phenoxy) is 3. The molecule has 44 heavy (non-hydrogen) atoms. The first-order valence-electron chi connectivity index (χ1n) is 14.9. The fraction of sp³-hybridized carbons (Fsp3) is 0.529.